The van der Waals surface area contributed by atoms with E-state index >= 15 is 0 Å². The molecule has 100 valence electrons. The molecule has 0 unspecified atom stereocenters. The average molecular weight is 280 g/mol. The lowest BCUT2D eigenvalue weighted by atomic mass is 10.1. The highest BCUT2D eigenvalue weighted by atomic mass is 35.5. The van der Waals surface area contributed by atoms with E-state index in [4.69, 9.17) is 21.1 Å². The molecule has 0 amide bonds. The van der Waals surface area contributed by atoms with Crippen LogP contribution in [0.4, 0.5) is 0 Å². The number of carboxylic acids is 1. The van der Waals surface area contributed by atoms with Crippen molar-refractivity contribution < 1.29 is 14.3 Å². The topological polar surface area (TPSA) is 62.5 Å². The molecule has 2 N–H and O–H groups in total. The van der Waals surface area contributed by atoms with Gasteiger partial charge in [0, 0.05) is 11.1 Å². The van der Waals surface area contributed by atoms with Crippen LogP contribution < -0.4 is 5.32 Å². The summed E-state index contributed by atoms with van der Waals surface area (Å²) in [5.74, 6) is -0.390. The van der Waals surface area contributed by atoms with Crippen LogP contribution in [0, 0.1) is 0 Å². The molecule has 2 aromatic rings. The number of carboxylic acid groups (broad SMARTS) is 1. The first kappa shape index (κ1) is 13.6. The molecule has 0 saturated heterocycles. The minimum Gasteiger partial charge on any atom is -0.478 e. The summed E-state index contributed by atoms with van der Waals surface area (Å²) in [7, 11) is 0. The van der Waals surface area contributed by atoms with Gasteiger partial charge in [0.05, 0.1) is 12.1 Å². The van der Waals surface area contributed by atoms with Crippen molar-refractivity contribution in [2.45, 2.75) is 19.5 Å². The second-order valence-corrected chi connectivity index (χ2v) is 4.70. The second-order valence-electron chi connectivity index (χ2n) is 4.26. The molecule has 1 aromatic heterocycles. The zero-order valence-corrected chi connectivity index (χ0v) is 11.1. The number of carbonyl (C=O) groups is 1. The van der Waals surface area contributed by atoms with E-state index in [0.717, 1.165) is 5.56 Å². The number of furan rings is 1. The molecule has 0 aliphatic rings. The molecule has 19 heavy (non-hydrogen) atoms. The summed E-state index contributed by atoms with van der Waals surface area (Å²) in [5, 5.41) is 12.7. The third kappa shape index (κ3) is 3.59. The number of hydrogen-bond acceptors (Lipinski definition) is 3. The Morgan fingerprint density at radius 2 is 2.11 bits per heavy atom. The lowest BCUT2D eigenvalue weighted by Gasteiger charge is -2.13. The number of hydrogen-bond donors (Lipinski definition) is 2. The second kappa shape index (κ2) is 5.91. The van der Waals surface area contributed by atoms with E-state index in [1.165, 1.54) is 12.3 Å². The van der Waals surface area contributed by atoms with Crippen molar-refractivity contribution in [2.75, 3.05) is 0 Å². The van der Waals surface area contributed by atoms with Crippen molar-refractivity contribution in [3.05, 3.63) is 58.5 Å². The Hall–Kier alpha value is -1.78. The summed E-state index contributed by atoms with van der Waals surface area (Å²) >= 11 is 5.83. The van der Waals surface area contributed by atoms with Gasteiger partial charge in [0.15, 0.2) is 0 Å². The monoisotopic (exact) mass is 279 g/mol. The predicted octanol–water partition coefficient (Wildman–Crippen LogP) is 3.48. The zero-order valence-electron chi connectivity index (χ0n) is 10.4. The van der Waals surface area contributed by atoms with Crippen LogP contribution in [0.5, 0.6) is 0 Å². The summed E-state index contributed by atoms with van der Waals surface area (Å²) in [6.45, 7) is 2.49. The van der Waals surface area contributed by atoms with Crippen LogP contribution in [-0.4, -0.2) is 11.1 Å². The van der Waals surface area contributed by atoms with Crippen LogP contribution in [0.1, 0.15) is 34.6 Å². The van der Waals surface area contributed by atoms with Gasteiger partial charge in [0.1, 0.15) is 12.0 Å². The number of rotatable bonds is 5. The van der Waals surface area contributed by atoms with Gasteiger partial charge in [-0.1, -0.05) is 23.7 Å². The number of benzene rings is 1. The molecule has 1 atom stereocenters. The van der Waals surface area contributed by atoms with Crippen LogP contribution in [0.25, 0.3) is 0 Å². The molecule has 0 aliphatic carbocycles. The van der Waals surface area contributed by atoms with Gasteiger partial charge < -0.3 is 14.8 Å². The maximum Gasteiger partial charge on any atom is 0.338 e. The molecule has 0 radical (unpaired) electrons. The summed E-state index contributed by atoms with van der Waals surface area (Å²) < 4.78 is 5.17. The first-order chi connectivity index (χ1) is 9.06. The molecule has 4 nitrogen and oxygen atoms in total. The number of aromatic carboxylic acids is 1. The molecular weight excluding hydrogens is 266 g/mol. The molecule has 0 aliphatic heterocycles. The molecule has 0 bridgehead atoms. The van der Waals surface area contributed by atoms with Gasteiger partial charge in [0.2, 0.25) is 0 Å². The first-order valence-electron chi connectivity index (χ1n) is 5.86. The van der Waals surface area contributed by atoms with E-state index < -0.39 is 5.97 Å². The fraction of sp³-hybridized carbons (Fsp3) is 0.214. The maximum absolute atomic E-state index is 10.7. The number of nitrogens with one attached hydrogen (secondary N) is 1. The molecule has 2 rings (SSSR count). The van der Waals surface area contributed by atoms with E-state index in [-0.39, 0.29) is 11.6 Å². The van der Waals surface area contributed by atoms with Gasteiger partial charge in [-0.3, -0.25) is 0 Å². The van der Waals surface area contributed by atoms with Crippen LogP contribution in [-0.2, 0) is 6.54 Å². The van der Waals surface area contributed by atoms with Crippen LogP contribution >= 0.6 is 11.6 Å². The Labute approximate surface area is 116 Å². The highest BCUT2D eigenvalue weighted by Crippen LogP contribution is 2.17. The van der Waals surface area contributed by atoms with E-state index in [9.17, 15) is 4.79 Å². The summed E-state index contributed by atoms with van der Waals surface area (Å²) in [4.78, 5) is 10.7. The van der Waals surface area contributed by atoms with E-state index in [0.29, 0.717) is 17.3 Å². The zero-order chi connectivity index (χ0) is 13.8. The third-order valence-electron chi connectivity index (χ3n) is 2.85. The van der Waals surface area contributed by atoms with Gasteiger partial charge in [-0.15, -0.1) is 0 Å². The van der Waals surface area contributed by atoms with Crippen molar-refractivity contribution in [1.82, 2.24) is 5.32 Å². The predicted molar refractivity (Wildman–Crippen MR) is 72.4 cm³/mol. The minimum atomic E-state index is -0.985. The van der Waals surface area contributed by atoms with Gasteiger partial charge in [0.25, 0.3) is 0 Å². The van der Waals surface area contributed by atoms with E-state index in [1.54, 1.807) is 0 Å². The van der Waals surface area contributed by atoms with Gasteiger partial charge in [-0.05, 0) is 30.7 Å². The van der Waals surface area contributed by atoms with E-state index in [2.05, 4.69) is 5.32 Å². The Morgan fingerprint density at radius 3 is 2.68 bits per heavy atom. The minimum absolute atomic E-state index is 0.121. The van der Waals surface area contributed by atoms with Gasteiger partial charge in [-0.25, -0.2) is 4.79 Å². The summed E-state index contributed by atoms with van der Waals surface area (Å²) in [5.41, 5.74) is 1.27. The van der Waals surface area contributed by atoms with E-state index in [1.807, 2.05) is 31.2 Å². The molecule has 0 fully saturated rings. The SMILES string of the molecule is C[C@H](NCc1cc(C(=O)O)co1)c1ccc(Cl)cc1. The molecule has 5 heteroatoms. The van der Waals surface area contributed by atoms with Crippen molar-refractivity contribution in [2.24, 2.45) is 0 Å². The highest BCUT2D eigenvalue weighted by Gasteiger charge is 2.10. The van der Waals surface area contributed by atoms with Crippen molar-refractivity contribution >= 4 is 17.6 Å². The standard InChI is InChI=1S/C14H14ClNO3/c1-9(10-2-4-12(15)5-3-10)16-7-13-6-11(8-19-13)14(17)18/h2-6,8-9,16H,7H2,1H3,(H,17,18)/t9-/m0/s1. The normalized spacial score (nSPS) is 12.3. The van der Waals surface area contributed by atoms with Crippen molar-refractivity contribution in [1.29, 1.82) is 0 Å². The summed E-state index contributed by atoms with van der Waals surface area (Å²) in [6.07, 6.45) is 1.24. The fourth-order valence-electron chi connectivity index (χ4n) is 1.71. The lowest BCUT2D eigenvalue weighted by molar-refractivity contribution is 0.0696. The Balaban J connectivity index is 1.94. The van der Waals surface area contributed by atoms with Crippen LogP contribution in [0.2, 0.25) is 5.02 Å². The van der Waals surface area contributed by atoms with Gasteiger partial charge >= 0.3 is 5.97 Å². The Kier molecular flexibility index (Phi) is 4.24. The molecule has 0 spiro atoms. The largest absolute Gasteiger partial charge is 0.478 e. The quantitative estimate of drug-likeness (QED) is 0.879. The van der Waals surface area contributed by atoms with Gasteiger partial charge in [-0.2, -0.15) is 0 Å². The first-order valence-corrected chi connectivity index (χ1v) is 6.23. The lowest BCUT2D eigenvalue weighted by Crippen LogP contribution is -2.17. The Morgan fingerprint density at radius 1 is 1.42 bits per heavy atom. The Bertz CT molecular complexity index is 562. The van der Waals surface area contributed by atoms with Crippen LogP contribution in [0.3, 0.4) is 0 Å². The average Bonchev–Trinajstić information content (AvgIpc) is 2.86. The summed E-state index contributed by atoms with van der Waals surface area (Å²) in [6, 6.07) is 9.21. The third-order valence-corrected chi connectivity index (χ3v) is 3.11. The molecule has 1 aromatic carbocycles. The van der Waals surface area contributed by atoms with Crippen LogP contribution in [0.15, 0.2) is 41.0 Å². The molecular formula is C14H14ClNO3. The maximum atomic E-state index is 10.7. The molecule has 0 saturated carbocycles. The van der Waals surface area contributed by atoms with Crippen molar-refractivity contribution in [3.63, 3.8) is 0 Å². The van der Waals surface area contributed by atoms with Crippen molar-refractivity contribution in [3.8, 4) is 0 Å². The number of halogens is 1. The highest BCUT2D eigenvalue weighted by molar-refractivity contribution is 6.30. The smallest absolute Gasteiger partial charge is 0.338 e. The molecule has 1 heterocycles. The fourth-order valence-corrected chi connectivity index (χ4v) is 1.83.